The van der Waals surface area contributed by atoms with Crippen LogP contribution in [0.4, 0.5) is 5.69 Å². The van der Waals surface area contributed by atoms with E-state index in [2.05, 4.69) is 10.3 Å². The monoisotopic (exact) mass is 105 g/mol. The van der Waals surface area contributed by atoms with E-state index in [1.54, 1.807) is 6.20 Å². The third kappa shape index (κ3) is 0.320. The minimum atomic E-state index is 1.05. The van der Waals surface area contributed by atoms with Gasteiger partial charge >= 0.3 is 0 Å². The second-order valence-corrected chi connectivity index (χ2v) is 1.72. The molecule has 1 aromatic rings. The van der Waals surface area contributed by atoms with E-state index in [0.717, 1.165) is 11.4 Å². The fraction of sp³-hybridized carbons (Fsp3) is 0. The van der Waals surface area contributed by atoms with Crippen molar-refractivity contribution in [2.45, 2.75) is 0 Å². The second-order valence-electron chi connectivity index (χ2n) is 1.72. The fourth-order valence-corrected chi connectivity index (χ4v) is 0.812. The van der Waals surface area contributed by atoms with Crippen LogP contribution >= 0.6 is 0 Å². The number of aromatic amines is 1. The van der Waals surface area contributed by atoms with Gasteiger partial charge in [-0.25, -0.2) is 0 Å². The van der Waals surface area contributed by atoms with E-state index < -0.39 is 0 Å². The molecule has 0 amide bonds. The highest BCUT2D eigenvalue weighted by atomic mass is 14.9. The predicted octanol–water partition coefficient (Wildman–Crippen LogP) is 1.23. The number of H-pyrrole nitrogens is 1. The summed E-state index contributed by atoms with van der Waals surface area (Å²) in [5, 5.41) is 4.05. The first-order valence-corrected chi connectivity index (χ1v) is 2.51. The Bertz CT molecular complexity index is 222. The third-order valence-electron chi connectivity index (χ3n) is 1.21. The number of nitrogens with zero attached hydrogens (tertiary/aromatic N) is 1. The first-order valence-electron chi connectivity index (χ1n) is 2.51. The maximum Gasteiger partial charge on any atom is 0.0879 e. The number of aromatic nitrogens is 1. The molecule has 0 atom stereocenters. The molecule has 2 nitrogen and oxygen atoms in total. The van der Waals surface area contributed by atoms with Crippen molar-refractivity contribution in [3.8, 4) is 0 Å². The Morgan fingerprint density at radius 3 is 3.38 bits per heavy atom. The van der Waals surface area contributed by atoms with Gasteiger partial charge in [0.1, 0.15) is 0 Å². The van der Waals surface area contributed by atoms with Crippen LogP contribution in [0, 0.1) is 0 Å². The minimum Gasteiger partial charge on any atom is -0.360 e. The molecule has 0 fully saturated rings. The summed E-state index contributed by atoms with van der Waals surface area (Å²) in [7, 11) is 0. The molecule has 1 aliphatic heterocycles. The van der Waals surface area contributed by atoms with E-state index in [4.69, 9.17) is 0 Å². The maximum atomic E-state index is 4.05. The molecule has 0 saturated heterocycles. The van der Waals surface area contributed by atoms with Crippen LogP contribution in [0.5, 0.6) is 0 Å². The molecule has 0 aliphatic carbocycles. The molecule has 0 aromatic carbocycles. The predicted molar refractivity (Wildman–Crippen MR) is 31.6 cm³/mol. The van der Waals surface area contributed by atoms with Crippen molar-refractivity contribution in [3.05, 3.63) is 24.2 Å². The Balaban J connectivity index is 2.67. The Morgan fingerprint density at radius 1 is 1.50 bits per heavy atom. The van der Waals surface area contributed by atoms with Crippen molar-refractivity contribution in [2.75, 3.05) is 0 Å². The zero-order valence-electron chi connectivity index (χ0n) is 4.26. The molecule has 1 radical (unpaired) electrons. The molecule has 0 unspecified atom stereocenters. The molecule has 2 rings (SSSR count). The SMILES string of the molecule is C1=Cc2[nH]ccc2[N]1. The van der Waals surface area contributed by atoms with Gasteiger partial charge in [0.15, 0.2) is 0 Å². The first kappa shape index (κ1) is 3.78. The van der Waals surface area contributed by atoms with Crippen LogP contribution in [0.2, 0.25) is 0 Å². The van der Waals surface area contributed by atoms with E-state index in [1.165, 1.54) is 0 Å². The summed E-state index contributed by atoms with van der Waals surface area (Å²) in [5.41, 5.74) is 2.16. The fourth-order valence-electron chi connectivity index (χ4n) is 0.812. The summed E-state index contributed by atoms with van der Waals surface area (Å²) in [4.78, 5) is 3.04. The van der Waals surface area contributed by atoms with E-state index in [9.17, 15) is 0 Å². The second kappa shape index (κ2) is 1.15. The van der Waals surface area contributed by atoms with Crippen LogP contribution in [0.15, 0.2) is 18.5 Å². The largest absolute Gasteiger partial charge is 0.360 e. The smallest absolute Gasteiger partial charge is 0.0879 e. The molecule has 0 spiro atoms. The highest BCUT2D eigenvalue weighted by Gasteiger charge is 2.03. The highest BCUT2D eigenvalue weighted by molar-refractivity contribution is 5.65. The maximum absolute atomic E-state index is 4.05. The van der Waals surface area contributed by atoms with E-state index in [-0.39, 0.29) is 0 Å². The third-order valence-corrected chi connectivity index (χ3v) is 1.21. The molecule has 39 valence electrons. The molecule has 2 heterocycles. The topological polar surface area (TPSA) is 29.9 Å². The lowest BCUT2D eigenvalue weighted by molar-refractivity contribution is 1.22. The van der Waals surface area contributed by atoms with Gasteiger partial charge in [0, 0.05) is 12.4 Å². The molecule has 1 aliphatic rings. The summed E-state index contributed by atoms with van der Waals surface area (Å²) in [6.45, 7) is 0. The number of rotatable bonds is 0. The Morgan fingerprint density at radius 2 is 2.50 bits per heavy atom. The van der Waals surface area contributed by atoms with Gasteiger partial charge in [-0.15, -0.1) is 0 Å². The van der Waals surface area contributed by atoms with Gasteiger partial charge in [0.25, 0.3) is 0 Å². The van der Waals surface area contributed by atoms with Gasteiger partial charge in [-0.2, -0.15) is 0 Å². The van der Waals surface area contributed by atoms with E-state index in [1.807, 2.05) is 18.3 Å². The summed E-state index contributed by atoms with van der Waals surface area (Å²) >= 11 is 0. The van der Waals surface area contributed by atoms with Crippen LogP contribution in [0.1, 0.15) is 5.69 Å². The normalized spacial score (nSPS) is 13.5. The van der Waals surface area contributed by atoms with E-state index in [0.29, 0.717) is 0 Å². The molecule has 1 aromatic heterocycles. The van der Waals surface area contributed by atoms with Crippen LogP contribution < -0.4 is 5.32 Å². The number of nitrogens with one attached hydrogen (secondary N) is 1. The summed E-state index contributed by atoms with van der Waals surface area (Å²) < 4.78 is 0. The van der Waals surface area contributed by atoms with Crippen molar-refractivity contribution in [2.24, 2.45) is 0 Å². The van der Waals surface area contributed by atoms with Gasteiger partial charge in [-0.05, 0) is 12.1 Å². The van der Waals surface area contributed by atoms with Crippen molar-refractivity contribution >= 4 is 11.8 Å². The van der Waals surface area contributed by atoms with Crippen molar-refractivity contribution < 1.29 is 0 Å². The summed E-state index contributed by atoms with van der Waals surface area (Å²) in [5.74, 6) is 0. The Kier molecular flexibility index (Phi) is 0.545. The number of hydrogen-bond acceptors (Lipinski definition) is 0. The molecule has 8 heavy (non-hydrogen) atoms. The lowest BCUT2D eigenvalue weighted by Gasteiger charge is -1.81. The van der Waals surface area contributed by atoms with Crippen molar-refractivity contribution in [3.63, 3.8) is 0 Å². The van der Waals surface area contributed by atoms with Gasteiger partial charge in [-0.3, -0.25) is 5.32 Å². The van der Waals surface area contributed by atoms with Gasteiger partial charge in [0.05, 0.1) is 11.4 Å². The quantitative estimate of drug-likeness (QED) is 0.514. The number of hydrogen-bond donors (Lipinski definition) is 1. The van der Waals surface area contributed by atoms with Crippen LogP contribution in [0.3, 0.4) is 0 Å². The molecular weight excluding hydrogens is 100 g/mol. The molecule has 0 saturated carbocycles. The Hall–Kier alpha value is -1.18. The minimum absolute atomic E-state index is 1.05. The Labute approximate surface area is 47.2 Å². The average Bonchev–Trinajstić information content (AvgIpc) is 2.15. The van der Waals surface area contributed by atoms with Gasteiger partial charge < -0.3 is 4.98 Å². The summed E-state index contributed by atoms with van der Waals surface area (Å²) in [6, 6.07) is 1.95. The van der Waals surface area contributed by atoms with Crippen LogP contribution in [0.25, 0.3) is 6.08 Å². The van der Waals surface area contributed by atoms with Gasteiger partial charge in [-0.1, -0.05) is 0 Å². The number of fused-ring (bicyclic) bond motifs is 1. The highest BCUT2D eigenvalue weighted by Crippen LogP contribution is 2.19. The molecule has 2 heteroatoms. The van der Waals surface area contributed by atoms with Crippen LogP contribution in [-0.2, 0) is 0 Å². The standard InChI is InChI=1S/C6H5N2/c1-3-7-6-2-4-8-5(1)6/h1-4,7H. The van der Waals surface area contributed by atoms with Crippen LogP contribution in [-0.4, -0.2) is 4.98 Å². The zero-order valence-corrected chi connectivity index (χ0v) is 4.26. The molecular formula is C6H5N2. The van der Waals surface area contributed by atoms with Crippen molar-refractivity contribution in [1.82, 2.24) is 10.3 Å². The lowest BCUT2D eigenvalue weighted by Crippen LogP contribution is -1.74. The van der Waals surface area contributed by atoms with E-state index >= 15 is 0 Å². The zero-order chi connectivity index (χ0) is 5.40. The molecule has 0 bridgehead atoms. The molecule has 1 N–H and O–H groups in total. The lowest BCUT2D eigenvalue weighted by atomic mass is 10.4. The van der Waals surface area contributed by atoms with Gasteiger partial charge in [0.2, 0.25) is 0 Å². The average molecular weight is 105 g/mol. The first-order chi connectivity index (χ1) is 3.97. The van der Waals surface area contributed by atoms with Crippen molar-refractivity contribution in [1.29, 1.82) is 0 Å². The summed E-state index contributed by atoms with van der Waals surface area (Å²) in [6.07, 6.45) is 5.63.